The molecule has 0 aliphatic carbocycles. The summed E-state index contributed by atoms with van der Waals surface area (Å²) in [4.78, 5) is 23.5. The second-order valence-electron chi connectivity index (χ2n) is 5.60. The van der Waals surface area contributed by atoms with Crippen LogP contribution in [0.25, 0.3) is 0 Å². The van der Waals surface area contributed by atoms with E-state index in [-0.39, 0.29) is 12.6 Å². The molecule has 0 spiro atoms. The van der Waals surface area contributed by atoms with Crippen LogP contribution in [0.3, 0.4) is 0 Å². The Labute approximate surface area is 150 Å². The van der Waals surface area contributed by atoms with Crippen LogP contribution in [0.2, 0.25) is 0 Å². The number of carbonyl (C=O) groups is 1. The summed E-state index contributed by atoms with van der Waals surface area (Å²) in [6.07, 6.45) is 0. The minimum Gasteiger partial charge on any atom is -0.486 e. The van der Waals surface area contributed by atoms with E-state index in [1.165, 1.54) is 0 Å². The van der Waals surface area contributed by atoms with Crippen molar-refractivity contribution in [1.29, 1.82) is 0 Å². The Morgan fingerprint density at radius 3 is 2.38 bits per heavy atom. The molecule has 1 heterocycles. The number of ether oxygens (including phenoxy) is 1. The van der Waals surface area contributed by atoms with E-state index in [9.17, 15) is 4.79 Å². The molecule has 3 aromatic rings. The van der Waals surface area contributed by atoms with Crippen molar-refractivity contribution < 1.29 is 9.53 Å². The fourth-order valence-corrected chi connectivity index (χ4v) is 2.19. The van der Waals surface area contributed by atoms with Crippen molar-refractivity contribution in [3.05, 3.63) is 65.5 Å². The number of rotatable bonds is 6. The fourth-order valence-electron chi connectivity index (χ4n) is 2.19. The molecular formula is C18H18N6O2. The highest BCUT2D eigenvalue weighted by molar-refractivity contribution is 5.92. The number of aromatic nitrogens is 3. The van der Waals surface area contributed by atoms with Gasteiger partial charge < -0.3 is 21.5 Å². The maximum absolute atomic E-state index is 11.1. The summed E-state index contributed by atoms with van der Waals surface area (Å²) in [5.74, 6) is 0.878. The van der Waals surface area contributed by atoms with Gasteiger partial charge in [-0.1, -0.05) is 17.7 Å². The number of hydrogen-bond donors (Lipinski definition) is 3. The van der Waals surface area contributed by atoms with Gasteiger partial charge in [0, 0.05) is 11.3 Å². The Morgan fingerprint density at radius 1 is 1.04 bits per heavy atom. The molecule has 0 bridgehead atoms. The predicted octanol–water partition coefficient (Wildman–Crippen LogP) is 2.18. The van der Waals surface area contributed by atoms with Gasteiger partial charge in [-0.15, -0.1) is 0 Å². The predicted molar refractivity (Wildman–Crippen MR) is 98.0 cm³/mol. The van der Waals surface area contributed by atoms with Crippen molar-refractivity contribution in [1.82, 2.24) is 15.0 Å². The first-order chi connectivity index (χ1) is 12.5. The van der Waals surface area contributed by atoms with Crippen molar-refractivity contribution >= 4 is 23.5 Å². The van der Waals surface area contributed by atoms with Gasteiger partial charge in [0.2, 0.25) is 17.8 Å². The number of anilines is 3. The molecule has 0 aliphatic rings. The van der Waals surface area contributed by atoms with Crippen LogP contribution in [0, 0.1) is 6.92 Å². The van der Waals surface area contributed by atoms with Crippen LogP contribution in [-0.4, -0.2) is 20.9 Å². The first kappa shape index (κ1) is 17.2. The number of nitrogens with two attached hydrogens (primary N) is 2. The van der Waals surface area contributed by atoms with Crippen LogP contribution in [0.1, 0.15) is 21.7 Å². The Morgan fingerprint density at radius 2 is 1.73 bits per heavy atom. The van der Waals surface area contributed by atoms with Crippen LogP contribution >= 0.6 is 0 Å². The molecule has 1 amide bonds. The summed E-state index contributed by atoms with van der Waals surface area (Å²) in [6.45, 7) is 2.11. The van der Waals surface area contributed by atoms with E-state index in [1.807, 2.05) is 31.2 Å². The maximum Gasteiger partial charge on any atom is 0.248 e. The number of nitrogen functional groups attached to an aromatic ring is 1. The van der Waals surface area contributed by atoms with Crippen molar-refractivity contribution in [3.63, 3.8) is 0 Å². The summed E-state index contributed by atoms with van der Waals surface area (Å²) < 4.78 is 5.61. The molecule has 1 aromatic heterocycles. The van der Waals surface area contributed by atoms with Gasteiger partial charge in [0.1, 0.15) is 12.4 Å². The molecule has 0 unspecified atom stereocenters. The van der Waals surface area contributed by atoms with Gasteiger partial charge >= 0.3 is 0 Å². The number of primary amides is 1. The lowest BCUT2D eigenvalue weighted by molar-refractivity contribution is 0.1000. The fraction of sp³-hybridized carbons (Fsp3) is 0.111. The van der Waals surface area contributed by atoms with Gasteiger partial charge in [-0.3, -0.25) is 4.79 Å². The van der Waals surface area contributed by atoms with E-state index >= 15 is 0 Å². The molecule has 3 rings (SSSR count). The zero-order valence-corrected chi connectivity index (χ0v) is 14.1. The van der Waals surface area contributed by atoms with E-state index in [2.05, 4.69) is 20.3 Å². The average molecular weight is 350 g/mol. The summed E-state index contributed by atoms with van der Waals surface area (Å²) in [5, 5.41) is 3.08. The molecule has 26 heavy (non-hydrogen) atoms. The van der Waals surface area contributed by atoms with Crippen LogP contribution in [0.15, 0.2) is 48.5 Å². The normalized spacial score (nSPS) is 10.3. The Bertz CT molecular complexity index is 910. The summed E-state index contributed by atoms with van der Waals surface area (Å²) in [7, 11) is 0. The van der Waals surface area contributed by atoms with Gasteiger partial charge in [-0.25, -0.2) is 0 Å². The van der Waals surface area contributed by atoms with E-state index in [4.69, 9.17) is 16.2 Å². The van der Waals surface area contributed by atoms with E-state index < -0.39 is 5.91 Å². The molecule has 0 radical (unpaired) electrons. The van der Waals surface area contributed by atoms with Crippen LogP contribution in [0.5, 0.6) is 5.75 Å². The molecule has 8 heteroatoms. The molecule has 0 saturated carbocycles. The van der Waals surface area contributed by atoms with Crippen molar-refractivity contribution in [2.45, 2.75) is 13.5 Å². The first-order valence-corrected chi connectivity index (χ1v) is 7.86. The largest absolute Gasteiger partial charge is 0.486 e. The van der Waals surface area contributed by atoms with Gasteiger partial charge in [0.05, 0.1) is 0 Å². The summed E-state index contributed by atoms with van der Waals surface area (Å²) >= 11 is 0. The van der Waals surface area contributed by atoms with Crippen molar-refractivity contribution in [2.75, 3.05) is 11.1 Å². The molecular weight excluding hydrogens is 332 g/mol. The highest BCUT2D eigenvalue weighted by Crippen LogP contribution is 2.16. The molecule has 0 aliphatic heterocycles. The molecule has 0 saturated heterocycles. The summed E-state index contributed by atoms with van der Waals surface area (Å²) in [5.41, 5.74) is 13.4. The SMILES string of the molecule is Cc1ccc(Nc2nc(N)nc(COc3ccc(C(N)=O)cc3)n2)cc1. The Hall–Kier alpha value is -3.68. The minimum atomic E-state index is -0.492. The molecule has 132 valence electrons. The molecule has 0 atom stereocenters. The minimum absolute atomic E-state index is 0.0947. The number of nitrogens with zero attached hydrogens (tertiary/aromatic N) is 3. The number of benzene rings is 2. The van der Waals surface area contributed by atoms with Gasteiger partial charge in [0.25, 0.3) is 0 Å². The van der Waals surface area contributed by atoms with Gasteiger partial charge in [-0.05, 0) is 43.3 Å². The van der Waals surface area contributed by atoms with Crippen LogP contribution < -0.4 is 21.5 Å². The Balaban J connectivity index is 1.69. The van der Waals surface area contributed by atoms with Crippen LogP contribution in [0.4, 0.5) is 17.6 Å². The number of hydrogen-bond acceptors (Lipinski definition) is 7. The van der Waals surface area contributed by atoms with E-state index in [0.717, 1.165) is 11.3 Å². The second-order valence-corrected chi connectivity index (χ2v) is 5.60. The quantitative estimate of drug-likeness (QED) is 0.621. The smallest absolute Gasteiger partial charge is 0.248 e. The van der Waals surface area contributed by atoms with Gasteiger partial charge in [0.15, 0.2) is 5.82 Å². The molecule has 0 fully saturated rings. The highest BCUT2D eigenvalue weighted by Gasteiger charge is 2.07. The van der Waals surface area contributed by atoms with Gasteiger partial charge in [-0.2, -0.15) is 15.0 Å². The first-order valence-electron chi connectivity index (χ1n) is 7.86. The molecule has 2 aromatic carbocycles. The lowest BCUT2D eigenvalue weighted by Crippen LogP contribution is -2.11. The molecule has 8 nitrogen and oxygen atoms in total. The second kappa shape index (κ2) is 7.47. The third-order valence-corrected chi connectivity index (χ3v) is 3.51. The lowest BCUT2D eigenvalue weighted by Gasteiger charge is -2.09. The number of carbonyl (C=O) groups excluding carboxylic acids is 1. The lowest BCUT2D eigenvalue weighted by atomic mass is 10.2. The standard InChI is InChI=1S/C18H18N6O2/c1-11-2-6-13(7-3-11)21-18-23-15(22-17(20)24-18)10-26-14-8-4-12(5-9-14)16(19)25/h2-9H,10H2,1H3,(H2,19,25)(H3,20,21,22,23,24). The zero-order chi connectivity index (χ0) is 18.5. The summed E-state index contributed by atoms with van der Waals surface area (Å²) in [6, 6.07) is 14.3. The highest BCUT2D eigenvalue weighted by atomic mass is 16.5. The number of nitrogens with one attached hydrogen (secondary N) is 1. The van der Waals surface area contributed by atoms with Crippen molar-refractivity contribution in [3.8, 4) is 5.75 Å². The Kier molecular flexibility index (Phi) is 4.93. The third kappa shape index (κ3) is 4.44. The average Bonchev–Trinajstić information content (AvgIpc) is 2.62. The number of amides is 1. The monoisotopic (exact) mass is 350 g/mol. The van der Waals surface area contributed by atoms with Crippen LogP contribution in [-0.2, 0) is 6.61 Å². The van der Waals surface area contributed by atoms with E-state index in [1.54, 1.807) is 24.3 Å². The van der Waals surface area contributed by atoms with E-state index in [0.29, 0.717) is 23.1 Å². The zero-order valence-electron chi connectivity index (χ0n) is 14.1. The maximum atomic E-state index is 11.1. The molecule has 5 N–H and O–H groups in total. The topological polar surface area (TPSA) is 129 Å². The van der Waals surface area contributed by atoms with Crippen molar-refractivity contribution in [2.24, 2.45) is 5.73 Å². The number of aryl methyl sites for hydroxylation is 1. The third-order valence-electron chi connectivity index (χ3n) is 3.51.